The van der Waals surface area contributed by atoms with Crippen molar-refractivity contribution in [3.63, 3.8) is 0 Å². The molecule has 0 amide bonds. The van der Waals surface area contributed by atoms with E-state index in [0.29, 0.717) is 32.4 Å². The molecule has 22 heavy (non-hydrogen) atoms. The predicted octanol–water partition coefficient (Wildman–Crippen LogP) is 2.74. The maximum atomic E-state index is 12.7. The van der Waals surface area contributed by atoms with Crippen LogP contribution in [0.4, 0.5) is 0 Å². The van der Waals surface area contributed by atoms with E-state index in [1.165, 1.54) is 21.6 Å². The van der Waals surface area contributed by atoms with Crippen LogP contribution in [-0.4, -0.2) is 24.1 Å². The van der Waals surface area contributed by atoms with Crippen molar-refractivity contribution in [3.8, 4) is 5.69 Å². The smallest absolute Gasteiger partial charge is 0.266 e. The maximum absolute atomic E-state index is 12.7. The van der Waals surface area contributed by atoms with Crippen LogP contribution in [0.15, 0.2) is 47.8 Å². The Balaban J connectivity index is 2.08. The SMILES string of the molecule is O=c1c2cnc3ncnn3c2ccn1-c1cc(Cl)ccc1Cl. The van der Waals surface area contributed by atoms with Crippen LogP contribution in [0.3, 0.4) is 0 Å². The van der Waals surface area contributed by atoms with E-state index in [-0.39, 0.29) is 5.56 Å². The van der Waals surface area contributed by atoms with E-state index < -0.39 is 0 Å². The van der Waals surface area contributed by atoms with Crippen molar-refractivity contribution in [2.45, 2.75) is 0 Å². The molecule has 0 radical (unpaired) electrons. The highest BCUT2D eigenvalue weighted by Crippen LogP contribution is 2.23. The minimum absolute atomic E-state index is 0.258. The van der Waals surface area contributed by atoms with Gasteiger partial charge in [-0.15, -0.1) is 0 Å². The molecule has 0 saturated heterocycles. The van der Waals surface area contributed by atoms with Gasteiger partial charge >= 0.3 is 0 Å². The molecule has 8 heteroatoms. The van der Waals surface area contributed by atoms with Crippen molar-refractivity contribution in [2.24, 2.45) is 0 Å². The molecule has 0 aliphatic rings. The molecule has 0 atom stereocenters. The lowest BCUT2D eigenvalue weighted by Crippen LogP contribution is -2.19. The average molecular weight is 332 g/mol. The van der Waals surface area contributed by atoms with Gasteiger partial charge in [0.1, 0.15) is 6.33 Å². The van der Waals surface area contributed by atoms with E-state index in [1.54, 1.807) is 30.5 Å². The van der Waals surface area contributed by atoms with Crippen LogP contribution in [0, 0.1) is 0 Å². The van der Waals surface area contributed by atoms with E-state index in [2.05, 4.69) is 15.1 Å². The van der Waals surface area contributed by atoms with E-state index in [1.807, 2.05) is 0 Å². The zero-order valence-corrected chi connectivity index (χ0v) is 12.5. The summed E-state index contributed by atoms with van der Waals surface area (Å²) in [7, 11) is 0. The van der Waals surface area contributed by atoms with Crippen LogP contribution in [0.2, 0.25) is 10.0 Å². The maximum Gasteiger partial charge on any atom is 0.266 e. The number of rotatable bonds is 1. The topological polar surface area (TPSA) is 65.1 Å². The molecule has 0 saturated carbocycles. The number of pyridine rings is 1. The van der Waals surface area contributed by atoms with E-state index >= 15 is 0 Å². The fourth-order valence-corrected chi connectivity index (χ4v) is 2.70. The lowest BCUT2D eigenvalue weighted by atomic mass is 10.2. The Morgan fingerprint density at radius 3 is 2.82 bits per heavy atom. The molecule has 0 aliphatic carbocycles. The van der Waals surface area contributed by atoms with Gasteiger partial charge in [-0.1, -0.05) is 23.2 Å². The highest BCUT2D eigenvalue weighted by molar-refractivity contribution is 6.34. The Bertz CT molecular complexity index is 1090. The third kappa shape index (κ3) is 1.88. The number of halogens is 2. The average Bonchev–Trinajstić information content (AvgIpc) is 2.99. The summed E-state index contributed by atoms with van der Waals surface area (Å²) in [5, 5.41) is 5.41. The molecule has 6 nitrogen and oxygen atoms in total. The quantitative estimate of drug-likeness (QED) is 0.538. The first kappa shape index (κ1) is 13.2. The summed E-state index contributed by atoms with van der Waals surface area (Å²) < 4.78 is 2.95. The monoisotopic (exact) mass is 331 g/mol. The van der Waals surface area contributed by atoms with Gasteiger partial charge in [0.05, 0.1) is 21.6 Å². The molecule has 0 fully saturated rings. The minimum Gasteiger partial charge on any atom is -0.282 e. The molecular formula is C14H7Cl2N5O. The van der Waals surface area contributed by atoms with Crippen LogP contribution >= 0.6 is 23.2 Å². The molecule has 0 unspecified atom stereocenters. The number of benzene rings is 1. The second-order valence-electron chi connectivity index (χ2n) is 4.62. The van der Waals surface area contributed by atoms with Gasteiger partial charge in [0, 0.05) is 17.4 Å². The molecule has 3 heterocycles. The standard InChI is InChI=1S/C14H7Cl2N5O/c15-8-1-2-10(16)12(5-8)20-4-3-11-9(13(20)22)6-17-14-18-7-19-21(11)14/h1-7H. The van der Waals surface area contributed by atoms with Crippen molar-refractivity contribution < 1.29 is 0 Å². The van der Waals surface area contributed by atoms with Gasteiger partial charge in [-0.2, -0.15) is 14.6 Å². The summed E-state index contributed by atoms with van der Waals surface area (Å²) >= 11 is 12.2. The molecule has 0 N–H and O–H groups in total. The van der Waals surface area contributed by atoms with Gasteiger partial charge in [-0.25, -0.2) is 4.98 Å². The molecule has 4 rings (SSSR count). The van der Waals surface area contributed by atoms with Gasteiger partial charge in [0.2, 0.25) is 0 Å². The van der Waals surface area contributed by atoms with Crippen molar-refractivity contribution in [2.75, 3.05) is 0 Å². The highest BCUT2D eigenvalue weighted by atomic mass is 35.5. The van der Waals surface area contributed by atoms with Gasteiger partial charge in [0.15, 0.2) is 0 Å². The zero-order valence-electron chi connectivity index (χ0n) is 10.9. The van der Waals surface area contributed by atoms with E-state index in [0.717, 1.165) is 0 Å². The van der Waals surface area contributed by atoms with Gasteiger partial charge < -0.3 is 0 Å². The van der Waals surface area contributed by atoms with E-state index in [9.17, 15) is 4.79 Å². The first-order valence-corrected chi connectivity index (χ1v) is 7.06. The summed E-state index contributed by atoms with van der Waals surface area (Å²) in [5.41, 5.74) is 0.883. The Kier molecular flexibility index (Phi) is 2.88. The Morgan fingerprint density at radius 2 is 1.95 bits per heavy atom. The third-order valence-corrected chi connectivity index (χ3v) is 3.90. The Hall–Kier alpha value is -2.44. The van der Waals surface area contributed by atoms with Crippen molar-refractivity contribution >= 4 is 39.9 Å². The van der Waals surface area contributed by atoms with Gasteiger partial charge in [-0.05, 0) is 24.3 Å². The Morgan fingerprint density at radius 1 is 1.09 bits per heavy atom. The number of aromatic nitrogens is 5. The predicted molar refractivity (Wildman–Crippen MR) is 83.9 cm³/mol. The molecule has 3 aromatic heterocycles. The molecule has 1 aromatic carbocycles. The first-order valence-electron chi connectivity index (χ1n) is 6.31. The number of hydrogen-bond acceptors (Lipinski definition) is 4. The summed E-state index contributed by atoms with van der Waals surface area (Å²) in [6, 6.07) is 6.71. The van der Waals surface area contributed by atoms with Crippen LogP contribution in [0.5, 0.6) is 0 Å². The number of hydrogen-bond donors (Lipinski definition) is 0. The lowest BCUT2D eigenvalue weighted by molar-refractivity contribution is 0.958. The summed E-state index contributed by atoms with van der Waals surface area (Å²) in [5.74, 6) is 0.436. The molecule has 108 valence electrons. The summed E-state index contributed by atoms with van der Waals surface area (Å²) in [6.07, 6.45) is 4.50. The second-order valence-corrected chi connectivity index (χ2v) is 5.46. The van der Waals surface area contributed by atoms with Crippen LogP contribution in [0.1, 0.15) is 0 Å². The van der Waals surface area contributed by atoms with E-state index in [4.69, 9.17) is 23.2 Å². The zero-order chi connectivity index (χ0) is 15.3. The minimum atomic E-state index is -0.258. The van der Waals surface area contributed by atoms with Crippen LogP contribution in [-0.2, 0) is 0 Å². The molecule has 0 spiro atoms. The number of nitrogens with zero attached hydrogens (tertiary/aromatic N) is 5. The van der Waals surface area contributed by atoms with Crippen LogP contribution in [0.25, 0.3) is 22.4 Å². The second kappa shape index (κ2) is 4.79. The lowest BCUT2D eigenvalue weighted by Gasteiger charge is -2.09. The highest BCUT2D eigenvalue weighted by Gasteiger charge is 2.11. The molecule has 0 bridgehead atoms. The van der Waals surface area contributed by atoms with Crippen LogP contribution < -0.4 is 5.56 Å². The van der Waals surface area contributed by atoms with Crippen molar-refractivity contribution in [1.82, 2.24) is 24.1 Å². The van der Waals surface area contributed by atoms with Gasteiger partial charge in [-0.3, -0.25) is 9.36 Å². The summed E-state index contributed by atoms with van der Waals surface area (Å²) in [4.78, 5) is 20.8. The molecule has 0 aliphatic heterocycles. The molecule has 4 aromatic rings. The number of fused-ring (bicyclic) bond motifs is 3. The summed E-state index contributed by atoms with van der Waals surface area (Å²) in [6.45, 7) is 0. The largest absolute Gasteiger partial charge is 0.282 e. The van der Waals surface area contributed by atoms with Crippen molar-refractivity contribution in [3.05, 3.63) is 63.4 Å². The fraction of sp³-hybridized carbons (Fsp3) is 0. The fourth-order valence-electron chi connectivity index (χ4n) is 2.32. The van der Waals surface area contributed by atoms with Gasteiger partial charge in [0.25, 0.3) is 11.3 Å². The third-order valence-electron chi connectivity index (χ3n) is 3.34. The first-order chi connectivity index (χ1) is 10.6. The normalized spacial score (nSPS) is 11.4. The van der Waals surface area contributed by atoms with Crippen molar-refractivity contribution in [1.29, 1.82) is 0 Å². The Labute approximate surface area is 133 Å². The molecular weight excluding hydrogens is 325 g/mol.